The summed E-state index contributed by atoms with van der Waals surface area (Å²) in [5.74, 6) is -0.332. The topological polar surface area (TPSA) is 68.0 Å². The molecule has 1 amide bonds. The molecule has 2 aromatic rings. The summed E-state index contributed by atoms with van der Waals surface area (Å²) in [5, 5.41) is 2.95. The first-order chi connectivity index (χ1) is 8.59. The molecule has 4 nitrogen and oxygen atoms in total. The summed E-state index contributed by atoms with van der Waals surface area (Å²) in [7, 11) is 0. The van der Waals surface area contributed by atoms with E-state index in [1.807, 2.05) is 0 Å². The molecule has 0 atom stereocenters. The number of halogens is 2. The fraction of sp³-hybridized carbons (Fsp3) is 0. The number of carbonyl (C=O) groups is 1. The van der Waals surface area contributed by atoms with Gasteiger partial charge in [-0.3, -0.25) is 4.79 Å². The molecule has 0 aliphatic carbocycles. The van der Waals surface area contributed by atoms with Crippen molar-refractivity contribution in [3.8, 4) is 0 Å². The van der Waals surface area contributed by atoms with Crippen molar-refractivity contribution < 1.29 is 4.79 Å². The van der Waals surface area contributed by atoms with Crippen LogP contribution in [0.15, 0.2) is 41.1 Å². The smallest absolute Gasteiger partial charge is 0.257 e. The number of nitrogens with two attached hydrogens (primary N) is 1. The van der Waals surface area contributed by atoms with Crippen LogP contribution in [0.3, 0.4) is 0 Å². The Morgan fingerprint density at radius 1 is 1.33 bits per heavy atom. The molecule has 0 aliphatic rings. The number of nitrogens with zero attached hydrogens (tertiary/aromatic N) is 1. The van der Waals surface area contributed by atoms with E-state index >= 15 is 0 Å². The van der Waals surface area contributed by atoms with E-state index in [-0.39, 0.29) is 10.9 Å². The monoisotopic (exact) mass is 325 g/mol. The number of carbonyl (C=O) groups excluding carboxylic acids is 1. The third-order valence-electron chi connectivity index (χ3n) is 2.28. The Kier molecular flexibility index (Phi) is 3.84. The number of nitrogens with one attached hydrogen (secondary N) is 1. The predicted octanol–water partition coefficient (Wildman–Crippen LogP) is 3.33. The van der Waals surface area contributed by atoms with Gasteiger partial charge in [0.25, 0.3) is 5.91 Å². The Hall–Kier alpha value is -1.59. The van der Waals surface area contributed by atoms with Crippen LogP contribution < -0.4 is 11.1 Å². The van der Waals surface area contributed by atoms with Gasteiger partial charge in [0.05, 0.1) is 22.0 Å². The van der Waals surface area contributed by atoms with E-state index in [1.54, 1.807) is 36.5 Å². The minimum Gasteiger partial charge on any atom is -0.398 e. The standard InChI is InChI=1S/C12H9BrClN3O/c13-11-9(5-2-6-16-11)17-12(18)7-3-1-4-8(15)10(7)14/h1-6H,15H2,(H,17,18). The highest BCUT2D eigenvalue weighted by molar-refractivity contribution is 9.10. The number of hydrogen-bond donors (Lipinski definition) is 2. The number of nitrogen functional groups attached to an aromatic ring is 1. The van der Waals surface area contributed by atoms with E-state index in [1.165, 1.54) is 0 Å². The van der Waals surface area contributed by atoms with Crippen LogP contribution in [0, 0.1) is 0 Å². The first-order valence-electron chi connectivity index (χ1n) is 5.05. The Bertz CT molecular complexity index is 604. The summed E-state index contributed by atoms with van der Waals surface area (Å²) < 4.78 is 0.554. The second kappa shape index (κ2) is 5.37. The largest absolute Gasteiger partial charge is 0.398 e. The molecule has 0 spiro atoms. The molecule has 92 valence electrons. The lowest BCUT2D eigenvalue weighted by Gasteiger charge is -2.08. The molecule has 2 rings (SSSR count). The maximum Gasteiger partial charge on any atom is 0.257 e. The molecule has 6 heteroatoms. The van der Waals surface area contributed by atoms with Gasteiger partial charge in [-0.25, -0.2) is 4.98 Å². The second-order valence-electron chi connectivity index (χ2n) is 3.50. The Morgan fingerprint density at radius 2 is 2.11 bits per heavy atom. The molecule has 0 saturated heterocycles. The lowest BCUT2D eigenvalue weighted by Crippen LogP contribution is -2.13. The van der Waals surface area contributed by atoms with E-state index in [9.17, 15) is 4.79 Å². The van der Waals surface area contributed by atoms with Gasteiger partial charge in [-0.05, 0) is 40.2 Å². The average molecular weight is 327 g/mol. The summed E-state index contributed by atoms with van der Waals surface area (Å²) >= 11 is 9.23. The highest BCUT2D eigenvalue weighted by atomic mass is 79.9. The first kappa shape index (κ1) is 12.9. The summed E-state index contributed by atoms with van der Waals surface area (Å²) in [4.78, 5) is 16.0. The van der Waals surface area contributed by atoms with Crippen LogP contribution in [0.4, 0.5) is 11.4 Å². The van der Waals surface area contributed by atoms with Crippen molar-refractivity contribution in [1.29, 1.82) is 0 Å². The number of aromatic nitrogens is 1. The zero-order valence-corrected chi connectivity index (χ0v) is 11.5. The van der Waals surface area contributed by atoms with Gasteiger partial charge >= 0.3 is 0 Å². The third kappa shape index (κ3) is 2.63. The lowest BCUT2D eigenvalue weighted by atomic mass is 10.2. The molecular formula is C12H9BrClN3O. The molecule has 0 aliphatic heterocycles. The maximum atomic E-state index is 12.0. The van der Waals surface area contributed by atoms with E-state index in [0.717, 1.165) is 0 Å². The van der Waals surface area contributed by atoms with Gasteiger partial charge in [0.1, 0.15) is 4.60 Å². The molecule has 0 bridgehead atoms. The molecule has 18 heavy (non-hydrogen) atoms. The van der Waals surface area contributed by atoms with E-state index in [2.05, 4.69) is 26.2 Å². The summed E-state index contributed by atoms with van der Waals surface area (Å²) in [5.41, 5.74) is 6.91. The highest BCUT2D eigenvalue weighted by Gasteiger charge is 2.13. The lowest BCUT2D eigenvalue weighted by molar-refractivity contribution is 0.102. The number of anilines is 2. The molecule has 1 aromatic heterocycles. The Labute approximate surface area is 117 Å². The van der Waals surface area contributed by atoms with Gasteiger partial charge in [-0.1, -0.05) is 17.7 Å². The van der Waals surface area contributed by atoms with Crippen LogP contribution in [0.1, 0.15) is 10.4 Å². The zero-order valence-electron chi connectivity index (χ0n) is 9.15. The number of benzene rings is 1. The van der Waals surface area contributed by atoms with Crippen LogP contribution in [0.25, 0.3) is 0 Å². The fourth-order valence-electron chi connectivity index (χ4n) is 1.39. The summed E-state index contributed by atoms with van der Waals surface area (Å²) in [6, 6.07) is 8.38. The van der Waals surface area contributed by atoms with Crippen LogP contribution in [0.5, 0.6) is 0 Å². The maximum absolute atomic E-state index is 12.0. The van der Waals surface area contributed by atoms with Gasteiger partial charge < -0.3 is 11.1 Å². The molecular weight excluding hydrogens is 318 g/mol. The quantitative estimate of drug-likeness (QED) is 0.657. The van der Waals surface area contributed by atoms with Gasteiger partial charge in [-0.2, -0.15) is 0 Å². The average Bonchev–Trinajstić information content (AvgIpc) is 2.35. The zero-order chi connectivity index (χ0) is 13.1. The van der Waals surface area contributed by atoms with Crippen molar-refractivity contribution >= 4 is 44.8 Å². The van der Waals surface area contributed by atoms with Gasteiger partial charge in [0, 0.05) is 6.20 Å². The van der Waals surface area contributed by atoms with Gasteiger partial charge in [0.15, 0.2) is 0 Å². The van der Waals surface area contributed by atoms with E-state index < -0.39 is 0 Å². The van der Waals surface area contributed by atoms with Gasteiger partial charge in [0.2, 0.25) is 0 Å². The summed E-state index contributed by atoms with van der Waals surface area (Å²) in [6.07, 6.45) is 1.62. The molecule has 1 heterocycles. The van der Waals surface area contributed by atoms with Crippen LogP contribution >= 0.6 is 27.5 Å². The third-order valence-corrected chi connectivity index (χ3v) is 3.33. The van der Waals surface area contributed by atoms with E-state index in [4.69, 9.17) is 17.3 Å². The molecule has 3 N–H and O–H groups in total. The van der Waals surface area contributed by atoms with Crippen molar-refractivity contribution in [2.75, 3.05) is 11.1 Å². The van der Waals surface area contributed by atoms with Gasteiger partial charge in [-0.15, -0.1) is 0 Å². The van der Waals surface area contributed by atoms with Crippen molar-refractivity contribution in [2.45, 2.75) is 0 Å². The summed E-state index contributed by atoms with van der Waals surface area (Å²) in [6.45, 7) is 0. The molecule has 0 radical (unpaired) electrons. The Balaban J connectivity index is 2.28. The number of hydrogen-bond acceptors (Lipinski definition) is 3. The van der Waals surface area contributed by atoms with Crippen molar-refractivity contribution in [3.05, 3.63) is 51.7 Å². The van der Waals surface area contributed by atoms with Crippen molar-refractivity contribution in [3.63, 3.8) is 0 Å². The van der Waals surface area contributed by atoms with Crippen LogP contribution in [0.2, 0.25) is 5.02 Å². The molecule has 0 saturated carbocycles. The SMILES string of the molecule is Nc1cccc(C(=O)Nc2cccnc2Br)c1Cl. The number of amides is 1. The van der Waals surface area contributed by atoms with Crippen molar-refractivity contribution in [1.82, 2.24) is 4.98 Å². The van der Waals surface area contributed by atoms with E-state index in [0.29, 0.717) is 21.5 Å². The minimum absolute atomic E-state index is 0.245. The second-order valence-corrected chi connectivity index (χ2v) is 4.63. The van der Waals surface area contributed by atoms with Crippen LogP contribution in [-0.4, -0.2) is 10.9 Å². The fourth-order valence-corrected chi connectivity index (χ4v) is 1.96. The Morgan fingerprint density at radius 3 is 2.83 bits per heavy atom. The van der Waals surface area contributed by atoms with Crippen LogP contribution in [-0.2, 0) is 0 Å². The number of rotatable bonds is 2. The predicted molar refractivity (Wildman–Crippen MR) is 75.8 cm³/mol. The molecule has 0 unspecified atom stereocenters. The normalized spacial score (nSPS) is 10.1. The highest BCUT2D eigenvalue weighted by Crippen LogP contribution is 2.25. The number of pyridine rings is 1. The molecule has 1 aromatic carbocycles. The molecule has 0 fully saturated rings. The first-order valence-corrected chi connectivity index (χ1v) is 6.22. The van der Waals surface area contributed by atoms with Crippen molar-refractivity contribution in [2.24, 2.45) is 0 Å². The minimum atomic E-state index is -0.332.